The Bertz CT molecular complexity index is 1120. The maximum absolute atomic E-state index is 12.9. The zero-order valence-corrected chi connectivity index (χ0v) is 20.6. The van der Waals surface area contributed by atoms with Gasteiger partial charge in [-0.2, -0.15) is 0 Å². The average Bonchev–Trinajstić information content (AvgIpc) is 3.45. The van der Waals surface area contributed by atoms with Crippen LogP contribution in [0.1, 0.15) is 62.6 Å². The van der Waals surface area contributed by atoms with Crippen LogP contribution < -0.4 is 16.0 Å². The number of benzene rings is 1. The van der Waals surface area contributed by atoms with Crippen LogP contribution in [-0.2, 0) is 11.2 Å². The Balaban J connectivity index is 1.58. The van der Waals surface area contributed by atoms with Crippen LogP contribution >= 0.6 is 0 Å². The van der Waals surface area contributed by atoms with E-state index in [1.807, 2.05) is 6.92 Å². The van der Waals surface area contributed by atoms with Gasteiger partial charge in [0.2, 0.25) is 0 Å². The van der Waals surface area contributed by atoms with Gasteiger partial charge in [-0.25, -0.2) is 0 Å². The van der Waals surface area contributed by atoms with E-state index in [9.17, 15) is 9.90 Å². The van der Waals surface area contributed by atoms with Crippen molar-refractivity contribution in [2.24, 2.45) is 5.92 Å². The number of carbonyl (C=O) groups excluding carboxylic acids is 1. The summed E-state index contributed by atoms with van der Waals surface area (Å²) in [5.74, 6) is 0.549. The number of aryl methyl sites for hydroxylation is 2. The first kappa shape index (κ1) is 24.0. The van der Waals surface area contributed by atoms with Gasteiger partial charge in [0, 0.05) is 35.6 Å². The highest BCUT2D eigenvalue weighted by Gasteiger charge is 2.39. The summed E-state index contributed by atoms with van der Waals surface area (Å²) in [6.07, 6.45) is 11.3. The molecule has 1 saturated carbocycles. The quantitative estimate of drug-likeness (QED) is 0.229. The van der Waals surface area contributed by atoms with Gasteiger partial charge in [-0.1, -0.05) is 44.2 Å². The lowest BCUT2D eigenvalue weighted by molar-refractivity contribution is -0.115. The fourth-order valence-electron chi connectivity index (χ4n) is 4.79. The van der Waals surface area contributed by atoms with E-state index in [4.69, 9.17) is 5.41 Å². The van der Waals surface area contributed by atoms with Crippen molar-refractivity contribution in [1.82, 2.24) is 16.0 Å². The SMILES string of the molecule is CCc1ccc(C)c(C2C=C3C(=CC2CC)NC(=O)/C3=C(/C)NC(=N)/C=C\NCC2(O)CC2)c1. The molecule has 1 amide bonds. The summed E-state index contributed by atoms with van der Waals surface area (Å²) in [6.45, 7) is 8.84. The zero-order valence-electron chi connectivity index (χ0n) is 20.6. The van der Waals surface area contributed by atoms with Gasteiger partial charge in [0.1, 0.15) is 5.84 Å². The Morgan fingerprint density at radius 1 is 1.29 bits per heavy atom. The molecule has 0 bridgehead atoms. The monoisotopic (exact) mass is 460 g/mol. The van der Waals surface area contributed by atoms with Crippen LogP contribution in [0.5, 0.6) is 0 Å². The number of carbonyl (C=O) groups is 1. The molecule has 1 aliphatic heterocycles. The molecule has 34 heavy (non-hydrogen) atoms. The first-order valence-electron chi connectivity index (χ1n) is 12.3. The molecule has 180 valence electrons. The van der Waals surface area contributed by atoms with Crippen LogP contribution in [0.25, 0.3) is 0 Å². The normalized spacial score (nSPS) is 24.2. The molecule has 6 nitrogen and oxygen atoms in total. The van der Waals surface area contributed by atoms with Crippen molar-refractivity contribution in [3.05, 3.63) is 81.9 Å². The fraction of sp³-hybridized carbons (Fsp3) is 0.429. The molecule has 1 saturated heterocycles. The lowest BCUT2D eigenvalue weighted by atomic mass is 9.76. The molecule has 0 spiro atoms. The van der Waals surface area contributed by atoms with E-state index in [0.717, 1.165) is 37.0 Å². The fourth-order valence-corrected chi connectivity index (χ4v) is 4.79. The van der Waals surface area contributed by atoms with Gasteiger partial charge in [-0.05, 0) is 68.2 Å². The highest BCUT2D eigenvalue weighted by molar-refractivity contribution is 6.06. The molecule has 3 aliphatic rings. The summed E-state index contributed by atoms with van der Waals surface area (Å²) in [5.41, 5.74) is 6.34. The maximum Gasteiger partial charge on any atom is 0.258 e. The van der Waals surface area contributed by atoms with Crippen LogP contribution in [0, 0.1) is 18.3 Å². The molecule has 0 radical (unpaired) electrons. The van der Waals surface area contributed by atoms with E-state index in [2.05, 4.69) is 67.1 Å². The third-order valence-corrected chi connectivity index (χ3v) is 7.13. The molecule has 6 heteroatoms. The summed E-state index contributed by atoms with van der Waals surface area (Å²) >= 11 is 0. The maximum atomic E-state index is 12.9. The molecule has 2 fully saturated rings. The number of rotatable bonds is 8. The Morgan fingerprint density at radius 3 is 2.74 bits per heavy atom. The Kier molecular flexibility index (Phi) is 6.80. The minimum atomic E-state index is -0.585. The minimum absolute atomic E-state index is 0.136. The van der Waals surface area contributed by atoms with Gasteiger partial charge in [0.25, 0.3) is 5.91 Å². The van der Waals surface area contributed by atoms with Crippen molar-refractivity contribution >= 4 is 11.7 Å². The standard InChI is InChI=1S/C28H36N4O2/c1-5-19-8-7-17(3)21(13-19)22-15-23-24(14-20(22)6-2)32-27(33)26(23)18(4)31-25(29)9-12-30-16-28(34)10-11-28/h7-9,12-15,20,22,30,34H,5-6,10-11,16H2,1-4H3,(H2,29,31)(H,32,33)/b12-9-,26-18-. The molecular weight excluding hydrogens is 424 g/mol. The first-order chi connectivity index (χ1) is 16.2. The smallest absolute Gasteiger partial charge is 0.258 e. The minimum Gasteiger partial charge on any atom is -0.388 e. The van der Waals surface area contributed by atoms with E-state index in [0.29, 0.717) is 23.7 Å². The summed E-state index contributed by atoms with van der Waals surface area (Å²) in [7, 11) is 0. The predicted octanol–water partition coefficient (Wildman–Crippen LogP) is 4.09. The van der Waals surface area contributed by atoms with E-state index >= 15 is 0 Å². The van der Waals surface area contributed by atoms with Crippen molar-refractivity contribution in [3.8, 4) is 0 Å². The largest absolute Gasteiger partial charge is 0.388 e. The van der Waals surface area contributed by atoms with Crippen molar-refractivity contribution in [3.63, 3.8) is 0 Å². The summed E-state index contributed by atoms with van der Waals surface area (Å²) in [5, 5.41) is 27.2. The van der Waals surface area contributed by atoms with Gasteiger partial charge in [-0.3, -0.25) is 10.2 Å². The van der Waals surface area contributed by atoms with E-state index in [1.165, 1.54) is 16.7 Å². The molecule has 1 heterocycles. The van der Waals surface area contributed by atoms with Crippen LogP contribution in [0.15, 0.2) is 65.2 Å². The van der Waals surface area contributed by atoms with Crippen molar-refractivity contribution in [2.75, 3.05) is 6.54 Å². The van der Waals surface area contributed by atoms with Crippen LogP contribution in [0.4, 0.5) is 0 Å². The molecule has 5 N–H and O–H groups in total. The van der Waals surface area contributed by atoms with Gasteiger partial charge in [0.05, 0.1) is 11.2 Å². The van der Waals surface area contributed by atoms with Crippen molar-refractivity contribution in [2.45, 2.75) is 64.9 Å². The van der Waals surface area contributed by atoms with Crippen molar-refractivity contribution in [1.29, 1.82) is 5.41 Å². The van der Waals surface area contributed by atoms with Crippen molar-refractivity contribution < 1.29 is 9.90 Å². The zero-order chi connectivity index (χ0) is 24.5. The highest BCUT2D eigenvalue weighted by atomic mass is 16.3. The highest BCUT2D eigenvalue weighted by Crippen LogP contribution is 2.42. The topological polar surface area (TPSA) is 97.2 Å². The second-order valence-corrected chi connectivity index (χ2v) is 9.73. The molecule has 2 unspecified atom stereocenters. The average molecular weight is 461 g/mol. The number of aliphatic hydroxyl groups is 1. The molecule has 4 rings (SSSR count). The first-order valence-corrected chi connectivity index (χ1v) is 12.3. The van der Waals surface area contributed by atoms with Gasteiger partial charge >= 0.3 is 0 Å². The van der Waals surface area contributed by atoms with E-state index in [-0.39, 0.29) is 17.7 Å². The predicted molar refractivity (Wildman–Crippen MR) is 136 cm³/mol. The van der Waals surface area contributed by atoms with E-state index in [1.54, 1.807) is 12.3 Å². The van der Waals surface area contributed by atoms with Crippen LogP contribution in [-0.4, -0.2) is 29.0 Å². The number of allylic oxidation sites excluding steroid dienone is 4. The third-order valence-electron chi connectivity index (χ3n) is 7.13. The molecule has 1 aromatic rings. The summed E-state index contributed by atoms with van der Waals surface area (Å²) < 4.78 is 0. The van der Waals surface area contributed by atoms with Crippen LogP contribution in [0.3, 0.4) is 0 Å². The number of fused-ring (bicyclic) bond motifs is 1. The lowest BCUT2D eigenvalue weighted by Gasteiger charge is -2.28. The summed E-state index contributed by atoms with van der Waals surface area (Å²) in [4.78, 5) is 12.9. The second-order valence-electron chi connectivity index (χ2n) is 9.73. The van der Waals surface area contributed by atoms with E-state index < -0.39 is 5.60 Å². The number of hydrogen-bond acceptors (Lipinski definition) is 4. The molecule has 2 aliphatic carbocycles. The molecule has 0 aromatic heterocycles. The third kappa shape index (κ3) is 5.02. The van der Waals surface area contributed by atoms with Crippen LogP contribution in [0.2, 0.25) is 0 Å². The van der Waals surface area contributed by atoms with Gasteiger partial charge < -0.3 is 21.1 Å². The van der Waals surface area contributed by atoms with Gasteiger partial charge in [0.15, 0.2) is 0 Å². The molecule has 2 atom stereocenters. The molecule has 1 aromatic carbocycles. The number of nitrogens with one attached hydrogen (secondary N) is 4. The Hall–Kier alpha value is -3.12. The lowest BCUT2D eigenvalue weighted by Crippen LogP contribution is -2.26. The van der Waals surface area contributed by atoms with Gasteiger partial charge in [-0.15, -0.1) is 0 Å². The number of hydrogen-bond donors (Lipinski definition) is 5. The summed E-state index contributed by atoms with van der Waals surface area (Å²) in [6, 6.07) is 6.70. The Labute approximate surface area is 202 Å². The molecular formula is C28H36N4O2. The Morgan fingerprint density at radius 2 is 2.06 bits per heavy atom. The second kappa shape index (κ2) is 9.63. The number of amides is 1. The number of amidine groups is 1.